The highest BCUT2D eigenvalue weighted by molar-refractivity contribution is 5.83. The van der Waals surface area contributed by atoms with Crippen LogP contribution in [0.15, 0.2) is 24.3 Å². The van der Waals surface area contributed by atoms with Crippen LogP contribution in [0.5, 0.6) is 0 Å². The van der Waals surface area contributed by atoms with Crippen molar-refractivity contribution in [1.29, 1.82) is 0 Å². The fraction of sp³-hybridized carbons (Fsp3) is 0.364. The van der Waals surface area contributed by atoms with Crippen molar-refractivity contribution in [2.75, 3.05) is 0 Å². The average Bonchev–Trinajstić information content (AvgIpc) is 2.71. The van der Waals surface area contributed by atoms with Crippen molar-refractivity contribution < 1.29 is 4.79 Å². The third-order valence-corrected chi connectivity index (χ3v) is 3.37. The Morgan fingerprint density at radius 2 is 2.15 bits per heavy atom. The molecule has 0 aromatic heterocycles. The van der Waals surface area contributed by atoms with E-state index in [1.807, 2.05) is 6.07 Å². The van der Waals surface area contributed by atoms with Gasteiger partial charge in [-0.2, -0.15) is 0 Å². The van der Waals surface area contributed by atoms with Crippen molar-refractivity contribution >= 4 is 5.91 Å². The minimum Gasteiger partial charge on any atom is -0.369 e. The number of primary amides is 1. The van der Waals surface area contributed by atoms with Crippen LogP contribution in [-0.2, 0) is 11.2 Å². The lowest BCUT2D eigenvalue weighted by Crippen LogP contribution is -2.16. The first-order chi connectivity index (χ1) is 6.29. The van der Waals surface area contributed by atoms with Crippen molar-refractivity contribution in [1.82, 2.24) is 0 Å². The van der Waals surface area contributed by atoms with E-state index < -0.39 is 0 Å². The minimum absolute atomic E-state index is 0.121. The van der Waals surface area contributed by atoms with Crippen LogP contribution in [0.3, 0.4) is 0 Å². The Kier molecular flexibility index (Phi) is 1.17. The fourth-order valence-corrected chi connectivity index (χ4v) is 2.74. The highest BCUT2D eigenvalue weighted by atomic mass is 16.1. The maximum Gasteiger partial charge on any atom is 0.221 e. The first kappa shape index (κ1) is 7.13. The predicted octanol–water partition coefficient (Wildman–Crippen LogP) is 1.06. The topological polar surface area (TPSA) is 43.1 Å². The Hall–Kier alpha value is -1.31. The highest BCUT2D eigenvalue weighted by Crippen LogP contribution is 2.60. The summed E-state index contributed by atoms with van der Waals surface area (Å²) in [6.45, 7) is 0. The number of carbonyl (C=O) groups is 1. The maximum atomic E-state index is 11.0. The summed E-state index contributed by atoms with van der Waals surface area (Å²) in [7, 11) is 0. The van der Waals surface area contributed by atoms with Gasteiger partial charge in [0.2, 0.25) is 5.91 Å². The van der Waals surface area contributed by atoms with E-state index in [9.17, 15) is 4.79 Å². The Bertz CT molecular complexity index is 385. The van der Waals surface area contributed by atoms with E-state index >= 15 is 0 Å². The van der Waals surface area contributed by atoms with E-state index in [2.05, 4.69) is 18.2 Å². The second kappa shape index (κ2) is 2.13. The van der Waals surface area contributed by atoms with Crippen molar-refractivity contribution in [3.8, 4) is 0 Å². The SMILES string of the molecule is NC(=O)C1C2Cc3ccccc3C21. The van der Waals surface area contributed by atoms with Gasteiger partial charge < -0.3 is 5.73 Å². The Balaban J connectivity index is 1.99. The molecule has 1 aromatic carbocycles. The molecule has 0 bridgehead atoms. The molecule has 0 saturated heterocycles. The summed E-state index contributed by atoms with van der Waals surface area (Å²) in [6.07, 6.45) is 1.05. The number of hydrogen-bond donors (Lipinski definition) is 1. The molecule has 2 heteroatoms. The van der Waals surface area contributed by atoms with Gasteiger partial charge in [-0.25, -0.2) is 0 Å². The molecule has 2 N–H and O–H groups in total. The van der Waals surface area contributed by atoms with Crippen LogP contribution in [0.2, 0.25) is 0 Å². The van der Waals surface area contributed by atoms with Crippen LogP contribution in [0.4, 0.5) is 0 Å². The summed E-state index contributed by atoms with van der Waals surface area (Å²) < 4.78 is 0. The van der Waals surface area contributed by atoms with Crippen LogP contribution in [0, 0.1) is 11.8 Å². The molecule has 0 spiro atoms. The number of hydrogen-bond acceptors (Lipinski definition) is 1. The van der Waals surface area contributed by atoms with Gasteiger partial charge in [0.1, 0.15) is 0 Å². The Labute approximate surface area is 76.7 Å². The van der Waals surface area contributed by atoms with E-state index in [1.54, 1.807) is 0 Å². The molecule has 3 atom stereocenters. The fourth-order valence-electron chi connectivity index (χ4n) is 2.74. The molecule has 3 unspecified atom stereocenters. The first-order valence-corrected chi connectivity index (χ1v) is 4.66. The smallest absolute Gasteiger partial charge is 0.221 e. The number of carbonyl (C=O) groups excluding carboxylic acids is 1. The molecule has 0 aliphatic heterocycles. The highest BCUT2D eigenvalue weighted by Gasteiger charge is 2.58. The standard InChI is InChI=1S/C11H11NO/c12-11(13)10-8-5-6-3-1-2-4-7(6)9(8)10/h1-4,8-10H,5H2,(H2,12,13). The summed E-state index contributed by atoms with van der Waals surface area (Å²) in [5.41, 5.74) is 8.08. The van der Waals surface area contributed by atoms with Crippen molar-refractivity contribution in [3.63, 3.8) is 0 Å². The van der Waals surface area contributed by atoms with E-state index in [4.69, 9.17) is 5.73 Å². The molecule has 13 heavy (non-hydrogen) atoms. The Morgan fingerprint density at radius 1 is 1.38 bits per heavy atom. The zero-order valence-electron chi connectivity index (χ0n) is 7.23. The molecule has 0 radical (unpaired) electrons. The van der Waals surface area contributed by atoms with Gasteiger partial charge in [0.25, 0.3) is 0 Å². The second-order valence-corrected chi connectivity index (χ2v) is 4.02. The van der Waals surface area contributed by atoms with Gasteiger partial charge in [0, 0.05) is 5.92 Å². The van der Waals surface area contributed by atoms with Gasteiger partial charge in [-0.15, -0.1) is 0 Å². The van der Waals surface area contributed by atoms with Crippen molar-refractivity contribution in [3.05, 3.63) is 35.4 Å². The largest absolute Gasteiger partial charge is 0.369 e. The molecule has 66 valence electrons. The second-order valence-electron chi connectivity index (χ2n) is 4.02. The Morgan fingerprint density at radius 3 is 2.92 bits per heavy atom. The zero-order chi connectivity index (χ0) is 9.00. The van der Waals surface area contributed by atoms with Crippen LogP contribution in [0.25, 0.3) is 0 Å². The molecule has 3 rings (SSSR count). The summed E-state index contributed by atoms with van der Waals surface area (Å²) in [4.78, 5) is 11.0. The molecular formula is C11H11NO. The number of nitrogens with two attached hydrogens (primary N) is 1. The summed E-state index contributed by atoms with van der Waals surface area (Å²) in [6, 6.07) is 8.38. The number of fused-ring (bicyclic) bond motifs is 3. The minimum atomic E-state index is -0.121. The van der Waals surface area contributed by atoms with Crippen molar-refractivity contribution in [2.45, 2.75) is 12.3 Å². The van der Waals surface area contributed by atoms with Crippen LogP contribution < -0.4 is 5.73 Å². The van der Waals surface area contributed by atoms with Crippen LogP contribution in [0.1, 0.15) is 17.0 Å². The molecule has 2 nitrogen and oxygen atoms in total. The maximum absolute atomic E-state index is 11.0. The summed E-state index contributed by atoms with van der Waals surface area (Å²) >= 11 is 0. The molecule has 0 heterocycles. The van der Waals surface area contributed by atoms with Gasteiger partial charge in [-0.05, 0) is 29.4 Å². The molecular weight excluding hydrogens is 162 g/mol. The first-order valence-electron chi connectivity index (χ1n) is 4.66. The predicted molar refractivity (Wildman–Crippen MR) is 49.1 cm³/mol. The van der Waals surface area contributed by atoms with Gasteiger partial charge in [0.05, 0.1) is 0 Å². The van der Waals surface area contributed by atoms with Gasteiger partial charge >= 0.3 is 0 Å². The number of benzene rings is 1. The third kappa shape index (κ3) is 0.804. The van der Waals surface area contributed by atoms with Gasteiger partial charge in [-0.1, -0.05) is 24.3 Å². The monoisotopic (exact) mass is 173 g/mol. The quantitative estimate of drug-likeness (QED) is 0.678. The molecule has 1 amide bonds. The summed E-state index contributed by atoms with van der Waals surface area (Å²) in [5.74, 6) is 0.989. The molecule has 1 fully saturated rings. The molecule has 1 saturated carbocycles. The van der Waals surface area contributed by atoms with Crippen molar-refractivity contribution in [2.24, 2.45) is 17.6 Å². The summed E-state index contributed by atoms with van der Waals surface area (Å²) in [5, 5.41) is 0. The average molecular weight is 173 g/mol. The van der Waals surface area contributed by atoms with Crippen LogP contribution >= 0.6 is 0 Å². The lowest BCUT2D eigenvalue weighted by atomic mass is 10.0. The molecule has 2 aliphatic carbocycles. The number of rotatable bonds is 1. The number of amides is 1. The van der Waals surface area contributed by atoms with Gasteiger partial charge in [0.15, 0.2) is 0 Å². The van der Waals surface area contributed by atoms with E-state index in [0.717, 1.165) is 6.42 Å². The van der Waals surface area contributed by atoms with E-state index in [0.29, 0.717) is 11.8 Å². The zero-order valence-corrected chi connectivity index (χ0v) is 7.23. The lowest BCUT2D eigenvalue weighted by molar-refractivity contribution is -0.119. The lowest BCUT2D eigenvalue weighted by Gasteiger charge is -2.03. The molecule has 2 aliphatic rings. The van der Waals surface area contributed by atoms with Gasteiger partial charge in [-0.3, -0.25) is 4.79 Å². The van der Waals surface area contributed by atoms with Crippen LogP contribution in [-0.4, -0.2) is 5.91 Å². The third-order valence-electron chi connectivity index (χ3n) is 3.37. The van der Waals surface area contributed by atoms with E-state index in [1.165, 1.54) is 11.1 Å². The molecule has 1 aromatic rings. The van der Waals surface area contributed by atoms with E-state index in [-0.39, 0.29) is 11.8 Å². The normalized spacial score (nSPS) is 33.7.